The lowest BCUT2D eigenvalue weighted by Crippen LogP contribution is -2.22. The highest BCUT2D eigenvalue weighted by Gasteiger charge is 2.20. The normalized spacial score (nSPS) is 12.7. The van der Waals surface area contributed by atoms with E-state index in [9.17, 15) is 0 Å². The van der Waals surface area contributed by atoms with Gasteiger partial charge in [-0.1, -0.05) is 36.2 Å². The maximum Gasteiger partial charge on any atom is 0.115 e. The monoisotopic (exact) mass is 314 g/mol. The molecule has 102 valence electrons. The Morgan fingerprint density at radius 1 is 1.32 bits per heavy atom. The summed E-state index contributed by atoms with van der Waals surface area (Å²) in [6.07, 6.45) is 0. The van der Waals surface area contributed by atoms with Crippen molar-refractivity contribution in [3.63, 3.8) is 0 Å². The third-order valence-electron chi connectivity index (χ3n) is 2.97. The Labute approximate surface area is 127 Å². The van der Waals surface area contributed by atoms with Crippen molar-refractivity contribution in [1.82, 2.24) is 10.3 Å². The van der Waals surface area contributed by atoms with Crippen LogP contribution in [0.15, 0.2) is 18.2 Å². The lowest BCUT2D eigenvalue weighted by Gasteiger charge is -2.17. The maximum atomic E-state index is 6.31. The first-order chi connectivity index (χ1) is 9.02. The van der Waals surface area contributed by atoms with Gasteiger partial charge in [0.2, 0.25) is 0 Å². The van der Waals surface area contributed by atoms with Crippen LogP contribution in [-0.4, -0.2) is 11.5 Å². The van der Waals surface area contributed by atoms with Gasteiger partial charge < -0.3 is 5.32 Å². The Balaban J connectivity index is 2.44. The highest BCUT2D eigenvalue weighted by Crippen LogP contribution is 2.33. The summed E-state index contributed by atoms with van der Waals surface area (Å²) in [5.41, 5.74) is 2.09. The van der Waals surface area contributed by atoms with E-state index >= 15 is 0 Å². The second-order valence-electron chi connectivity index (χ2n) is 4.35. The first-order valence-electron chi connectivity index (χ1n) is 6.15. The first kappa shape index (κ1) is 14.8. The van der Waals surface area contributed by atoms with E-state index in [2.05, 4.69) is 24.1 Å². The molecule has 2 aromatic rings. The van der Waals surface area contributed by atoms with Gasteiger partial charge in [-0.15, -0.1) is 11.3 Å². The minimum atomic E-state index is 0.0205. The van der Waals surface area contributed by atoms with Crippen LogP contribution in [0.5, 0.6) is 0 Å². The number of rotatable bonds is 4. The Morgan fingerprint density at radius 3 is 2.58 bits per heavy atom. The number of hydrogen-bond acceptors (Lipinski definition) is 3. The van der Waals surface area contributed by atoms with E-state index in [4.69, 9.17) is 23.2 Å². The molecule has 0 aliphatic carbocycles. The Morgan fingerprint density at radius 2 is 2.05 bits per heavy atom. The molecule has 19 heavy (non-hydrogen) atoms. The fourth-order valence-corrected chi connectivity index (χ4v) is 3.43. The van der Waals surface area contributed by atoms with Gasteiger partial charge >= 0.3 is 0 Å². The molecule has 1 atom stereocenters. The summed E-state index contributed by atoms with van der Waals surface area (Å²) in [6.45, 7) is 7.04. The average Bonchev–Trinajstić information content (AvgIpc) is 2.67. The number of nitrogens with one attached hydrogen (secondary N) is 1. The molecule has 0 aliphatic heterocycles. The number of hydrogen-bond donors (Lipinski definition) is 1. The van der Waals surface area contributed by atoms with Crippen molar-refractivity contribution in [2.24, 2.45) is 0 Å². The van der Waals surface area contributed by atoms with Crippen LogP contribution in [-0.2, 0) is 0 Å². The van der Waals surface area contributed by atoms with E-state index < -0.39 is 0 Å². The van der Waals surface area contributed by atoms with Gasteiger partial charge in [0, 0.05) is 14.9 Å². The maximum absolute atomic E-state index is 6.31. The van der Waals surface area contributed by atoms with Crippen molar-refractivity contribution in [2.45, 2.75) is 26.8 Å². The third-order valence-corrected chi connectivity index (χ3v) is 4.67. The summed E-state index contributed by atoms with van der Waals surface area (Å²) >= 11 is 14.0. The molecule has 1 unspecified atom stereocenters. The van der Waals surface area contributed by atoms with Crippen molar-refractivity contribution in [2.75, 3.05) is 6.54 Å². The summed E-state index contributed by atoms with van der Waals surface area (Å²) in [6, 6.07) is 5.62. The van der Waals surface area contributed by atoms with Gasteiger partial charge in [0.15, 0.2) is 0 Å². The van der Waals surface area contributed by atoms with E-state index in [1.165, 1.54) is 4.88 Å². The van der Waals surface area contributed by atoms with Crippen LogP contribution in [0.25, 0.3) is 0 Å². The van der Waals surface area contributed by atoms with Crippen LogP contribution in [0.1, 0.15) is 34.1 Å². The number of aryl methyl sites for hydroxylation is 2. The molecule has 0 amide bonds. The highest BCUT2D eigenvalue weighted by atomic mass is 35.5. The molecular weight excluding hydrogens is 299 g/mol. The molecule has 2 rings (SSSR count). The number of nitrogens with zero attached hydrogens (tertiary/aromatic N) is 1. The Bertz CT molecular complexity index is 561. The van der Waals surface area contributed by atoms with Crippen LogP contribution in [0.3, 0.4) is 0 Å². The fourth-order valence-electron chi connectivity index (χ4n) is 1.89. The minimum absolute atomic E-state index is 0.0205. The molecule has 0 spiro atoms. The lowest BCUT2D eigenvalue weighted by atomic mass is 10.1. The zero-order valence-corrected chi connectivity index (χ0v) is 13.5. The number of halogens is 2. The largest absolute Gasteiger partial charge is 0.304 e. The van der Waals surface area contributed by atoms with Crippen LogP contribution < -0.4 is 5.32 Å². The average molecular weight is 315 g/mol. The standard InChI is InChI=1S/C14H16Cl2N2S/c1-4-17-13(14-18-8(2)9(3)19-14)11-6-5-10(15)7-12(11)16/h5-7,13,17H,4H2,1-3H3. The summed E-state index contributed by atoms with van der Waals surface area (Å²) in [4.78, 5) is 5.87. The Hall–Kier alpha value is -0.610. The summed E-state index contributed by atoms with van der Waals surface area (Å²) in [7, 11) is 0. The lowest BCUT2D eigenvalue weighted by molar-refractivity contribution is 0.626. The number of benzene rings is 1. The van der Waals surface area contributed by atoms with Crippen molar-refractivity contribution in [3.05, 3.63) is 49.4 Å². The van der Waals surface area contributed by atoms with Gasteiger partial charge in [0.1, 0.15) is 5.01 Å². The quantitative estimate of drug-likeness (QED) is 0.879. The number of thiazole rings is 1. The highest BCUT2D eigenvalue weighted by molar-refractivity contribution is 7.11. The molecule has 0 saturated heterocycles. The zero-order valence-electron chi connectivity index (χ0n) is 11.1. The van der Waals surface area contributed by atoms with Crippen molar-refractivity contribution in [3.8, 4) is 0 Å². The summed E-state index contributed by atoms with van der Waals surface area (Å²) in [5.74, 6) is 0. The molecule has 0 aliphatic rings. The van der Waals surface area contributed by atoms with E-state index in [0.717, 1.165) is 22.8 Å². The number of aromatic nitrogens is 1. The van der Waals surface area contributed by atoms with Gasteiger partial charge in [-0.25, -0.2) is 4.98 Å². The van der Waals surface area contributed by atoms with E-state index in [1.54, 1.807) is 17.4 Å². The van der Waals surface area contributed by atoms with Gasteiger partial charge in [-0.3, -0.25) is 0 Å². The molecule has 0 bridgehead atoms. The molecule has 1 heterocycles. The van der Waals surface area contributed by atoms with Gasteiger partial charge in [-0.05, 0) is 38.1 Å². The smallest absolute Gasteiger partial charge is 0.115 e. The molecule has 2 nitrogen and oxygen atoms in total. The van der Waals surface area contributed by atoms with Crippen molar-refractivity contribution in [1.29, 1.82) is 0 Å². The molecule has 1 aromatic carbocycles. The van der Waals surface area contributed by atoms with Crippen LogP contribution in [0.2, 0.25) is 10.0 Å². The van der Waals surface area contributed by atoms with E-state index in [1.807, 2.05) is 19.1 Å². The molecule has 0 fully saturated rings. The van der Waals surface area contributed by atoms with Crippen LogP contribution in [0.4, 0.5) is 0 Å². The minimum Gasteiger partial charge on any atom is -0.304 e. The molecule has 1 N–H and O–H groups in total. The molecular formula is C14H16Cl2N2S. The van der Waals surface area contributed by atoms with Crippen molar-refractivity contribution >= 4 is 34.5 Å². The Kier molecular flexibility index (Phi) is 4.85. The molecule has 0 saturated carbocycles. The molecule has 1 aromatic heterocycles. The second-order valence-corrected chi connectivity index (χ2v) is 6.43. The summed E-state index contributed by atoms with van der Waals surface area (Å²) in [5, 5.41) is 5.80. The fraction of sp³-hybridized carbons (Fsp3) is 0.357. The van der Waals surface area contributed by atoms with Crippen molar-refractivity contribution < 1.29 is 0 Å². The summed E-state index contributed by atoms with van der Waals surface area (Å²) < 4.78 is 0. The van der Waals surface area contributed by atoms with Gasteiger partial charge in [0.25, 0.3) is 0 Å². The topological polar surface area (TPSA) is 24.9 Å². The van der Waals surface area contributed by atoms with E-state index in [-0.39, 0.29) is 6.04 Å². The zero-order chi connectivity index (χ0) is 14.0. The van der Waals surface area contributed by atoms with Gasteiger partial charge in [-0.2, -0.15) is 0 Å². The van der Waals surface area contributed by atoms with Crippen LogP contribution >= 0.6 is 34.5 Å². The molecule has 5 heteroatoms. The predicted molar refractivity (Wildman–Crippen MR) is 83.6 cm³/mol. The van der Waals surface area contributed by atoms with Crippen LogP contribution in [0, 0.1) is 13.8 Å². The van der Waals surface area contributed by atoms with E-state index in [0.29, 0.717) is 10.0 Å². The second kappa shape index (κ2) is 6.23. The predicted octanol–water partition coefficient (Wildman–Crippen LogP) is 4.77. The first-order valence-corrected chi connectivity index (χ1v) is 7.72. The molecule has 0 radical (unpaired) electrons. The SMILES string of the molecule is CCNC(c1nc(C)c(C)s1)c1ccc(Cl)cc1Cl. The third kappa shape index (κ3) is 3.29. The van der Waals surface area contributed by atoms with Gasteiger partial charge in [0.05, 0.1) is 11.7 Å².